The molecule has 19 heavy (non-hydrogen) atoms. The Balaban J connectivity index is 0.00000324. The first-order valence-electron chi connectivity index (χ1n) is 6.76. The third-order valence-electron chi connectivity index (χ3n) is 2.84. The van der Waals surface area contributed by atoms with Crippen LogP contribution in [0.3, 0.4) is 0 Å². The molecule has 0 saturated heterocycles. The Morgan fingerprint density at radius 3 is 2.63 bits per heavy atom. The Morgan fingerprint density at radius 2 is 2.05 bits per heavy atom. The SMILES string of the molecule is CCNC(=NCc1cccc(C)c1)NC(C)CC.I. The van der Waals surface area contributed by atoms with Crippen LogP contribution in [0.15, 0.2) is 29.3 Å². The third-order valence-corrected chi connectivity index (χ3v) is 2.84. The van der Waals surface area contributed by atoms with Gasteiger partial charge >= 0.3 is 0 Å². The van der Waals surface area contributed by atoms with E-state index in [-0.39, 0.29) is 24.0 Å². The van der Waals surface area contributed by atoms with E-state index in [1.807, 2.05) is 0 Å². The third kappa shape index (κ3) is 7.40. The highest BCUT2D eigenvalue weighted by atomic mass is 127. The highest BCUT2D eigenvalue weighted by Gasteiger charge is 2.02. The fourth-order valence-corrected chi connectivity index (χ4v) is 1.64. The summed E-state index contributed by atoms with van der Waals surface area (Å²) >= 11 is 0. The minimum absolute atomic E-state index is 0. The van der Waals surface area contributed by atoms with Crippen LogP contribution < -0.4 is 10.6 Å². The van der Waals surface area contributed by atoms with Crippen LogP contribution in [-0.4, -0.2) is 18.5 Å². The maximum absolute atomic E-state index is 4.61. The van der Waals surface area contributed by atoms with E-state index in [2.05, 4.69) is 67.6 Å². The van der Waals surface area contributed by atoms with Gasteiger partial charge in [-0.15, -0.1) is 24.0 Å². The van der Waals surface area contributed by atoms with E-state index in [1.54, 1.807) is 0 Å². The molecule has 3 nitrogen and oxygen atoms in total. The van der Waals surface area contributed by atoms with Gasteiger partial charge in [0, 0.05) is 12.6 Å². The van der Waals surface area contributed by atoms with Crippen molar-refractivity contribution in [1.82, 2.24) is 10.6 Å². The van der Waals surface area contributed by atoms with Crippen molar-refractivity contribution >= 4 is 29.9 Å². The van der Waals surface area contributed by atoms with Gasteiger partial charge in [-0.25, -0.2) is 4.99 Å². The molecule has 1 aromatic carbocycles. The highest BCUT2D eigenvalue weighted by Crippen LogP contribution is 2.05. The quantitative estimate of drug-likeness (QED) is 0.470. The lowest BCUT2D eigenvalue weighted by molar-refractivity contribution is 0.624. The van der Waals surface area contributed by atoms with Crippen LogP contribution in [0.4, 0.5) is 0 Å². The van der Waals surface area contributed by atoms with Crippen LogP contribution in [0.2, 0.25) is 0 Å². The first kappa shape index (κ1) is 18.2. The van der Waals surface area contributed by atoms with Gasteiger partial charge in [0.05, 0.1) is 6.54 Å². The fourth-order valence-electron chi connectivity index (χ4n) is 1.64. The van der Waals surface area contributed by atoms with Crippen LogP contribution in [0.5, 0.6) is 0 Å². The van der Waals surface area contributed by atoms with Crippen LogP contribution in [0, 0.1) is 6.92 Å². The maximum atomic E-state index is 4.61. The molecule has 1 atom stereocenters. The lowest BCUT2D eigenvalue weighted by Gasteiger charge is -2.16. The topological polar surface area (TPSA) is 36.4 Å². The molecule has 108 valence electrons. The number of benzene rings is 1. The van der Waals surface area contributed by atoms with E-state index in [0.29, 0.717) is 12.6 Å². The molecule has 0 aliphatic rings. The number of rotatable bonds is 5. The van der Waals surface area contributed by atoms with Gasteiger partial charge < -0.3 is 10.6 Å². The van der Waals surface area contributed by atoms with Gasteiger partial charge in [-0.1, -0.05) is 36.8 Å². The van der Waals surface area contributed by atoms with Gasteiger partial charge in [0.15, 0.2) is 5.96 Å². The summed E-state index contributed by atoms with van der Waals surface area (Å²) in [5.41, 5.74) is 2.53. The summed E-state index contributed by atoms with van der Waals surface area (Å²) in [6, 6.07) is 8.92. The monoisotopic (exact) mass is 375 g/mol. The van der Waals surface area contributed by atoms with Crippen LogP contribution in [0.25, 0.3) is 0 Å². The molecule has 1 aromatic rings. The van der Waals surface area contributed by atoms with Gasteiger partial charge in [-0.3, -0.25) is 0 Å². The molecule has 0 saturated carbocycles. The molecule has 1 rings (SSSR count). The van der Waals surface area contributed by atoms with Crippen molar-refractivity contribution in [3.8, 4) is 0 Å². The zero-order valence-corrected chi connectivity index (χ0v) is 14.7. The van der Waals surface area contributed by atoms with Crippen molar-refractivity contribution in [2.45, 2.75) is 46.7 Å². The second-order valence-electron chi connectivity index (χ2n) is 4.64. The highest BCUT2D eigenvalue weighted by molar-refractivity contribution is 14.0. The molecule has 0 aliphatic carbocycles. The normalized spacial score (nSPS) is 12.5. The van der Waals surface area contributed by atoms with Crippen LogP contribution >= 0.6 is 24.0 Å². The average Bonchev–Trinajstić information content (AvgIpc) is 2.36. The van der Waals surface area contributed by atoms with Crippen LogP contribution in [-0.2, 0) is 6.54 Å². The molecular weight excluding hydrogens is 349 g/mol. The summed E-state index contributed by atoms with van der Waals surface area (Å²) in [5.74, 6) is 0.897. The number of aryl methyl sites for hydroxylation is 1. The van der Waals surface area contributed by atoms with E-state index in [9.17, 15) is 0 Å². The Hall–Kier alpha value is -0.780. The molecule has 0 bridgehead atoms. The van der Waals surface area contributed by atoms with Crippen molar-refractivity contribution in [3.05, 3.63) is 35.4 Å². The number of hydrogen-bond acceptors (Lipinski definition) is 1. The molecule has 0 heterocycles. The number of nitrogens with zero attached hydrogens (tertiary/aromatic N) is 1. The summed E-state index contributed by atoms with van der Waals surface area (Å²) in [5, 5.41) is 6.66. The molecule has 1 unspecified atom stereocenters. The Morgan fingerprint density at radius 1 is 1.32 bits per heavy atom. The summed E-state index contributed by atoms with van der Waals surface area (Å²) in [7, 11) is 0. The number of guanidine groups is 1. The Bertz CT molecular complexity index is 391. The second kappa shape index (κ2) is 10.1. The van der Waals surface area contributed by atoms with Gasteiger partial charge in [0.25, 0.3) is 0 Å². The standard InChI is InChI=1S/C15H25N3.HI/c1-5-13(4)18-15(16-6-2)17-11-14-9-7-8-12(3)10-14;/h7-10,13H,5-6,11H2,1-4H3,(H2,16,17,18);1H. The first-order valence-corrected chi connectivity index (χ1v) is 6.76. The van der Waals surface area contributed by atoms with E-state index in [1.165, 1.54) is 11.1 Å². The van der Waals surface area contributed by atoms with Crippen LogP contribution in [0.1, 0.15) is 38.3 Å². The molecule has 0 radical (unpaired) electrons. The molecule has 4 heteroatoms. The van der Waals surface area contributed by atoms with Gasteiger partial charge in [0.2, 0.25) is 0 Å². The zero-order valence-electron chi connectivity index (χ0n) is 12.4. The predicted octanol–water partition coefficient (Wildman–Crippen LogP) is 3.47. The van der Waals surface area contributed by atoms with Crippen molar-refractivity contribution in [3.63, 3.8) is 0 Å². The van der Waals surface area contributed by atoms with E-state index in [4.69, 9.17) is 0 Å². The minimum Gasteiger partial charge on any atom is -0.357 e. The number of aliphatic imine (C=N–C) groups is 1. The summed E-state index contributed by atoms with van der Waals surface area (Å²) < 4.78 is 0. The van der Waals surface area contributed by atoms with E-state index in [0.717, 1.165) is 18.9 Å². The molecule has 0 amide bonds. The Kier molecular flexibility index (Phi) is 9.65. The predicted molar refractivity (Wildman–Crippen MR) is 94.3 cm³/mol. The molecule has 0 aliphatic heterocycles. The zero-order chi connectivity index (χ0) is 13.4. The number of halogens is 1. The second-order valence-corrected chi connectivity index (χ2v) is 4.64. The van der Waals surface area contributed by atoms with Crippen molar-refractivity contribution in [1.29, 1.82) is 0 Å². The fraction of sp³-hybridized carbons (Fsp3) is 0.533. The van der Waals surface area contributed by atoms with Crippen molar-refractivity contribution in [2.75, 3.05) is 6.54 Å². The molecule has 2 N–H and O–H groups in total. The molecule has 0 fully saturated rings. The number of hydrogen-bond donors (Lipinski definition) is 2. The lowest BCUT2D eigenvalue weighted by atomic mass is 10.1. The van der Waals surface area contributed by atoms with Crippen molar-refractivity contribution < 1.29 is 0 Å². The number of nitrogens with one attached hydrogen (secondary N) is 2. The molecular formula is C15H26IN3. The summed E-state index contributed by atoms with van der Waals surface area (Å²) in [6.07, 6.45) is 1.09. The largest absolute Gasteiger partial charge is 0.357 e. The smallest absolute Gasteiger partial charge is 0.191 e. The minimum atomic E-state index is 0. The maximum Gasteiger partial charge on any atom is 0.191 e. The van der Waals surface area contributed by atoms with Gasteiger partial charge in [-0.2, -0.15) is 0 Å². The van der Waals surface area contributed by atoms with E-state index < -0.39 is 0 Å². The van der Waals surface area contributed by atoms with Gasteiger partial charge in [-0.05, 0) is 32.8 Å². The first-order chi connectivity index (χ1) is 8.65. The summed E-state index contributed by atoms with van der Waals surface area (Å²) in [4.78, 5) is 4.61. The van der Waals surface area contributed by atoms with Crippen molar-refractivity contribution in [2.24, 2.45) is 4.99 Å². The van der Waals surface area contributed by atoms with Gasteiger partial charge in [0.1, 0.15) is 0 Å². The molecule has 0 aromatic heterocycles. The lowest BCUT2D eigenvalue weighted by Crippen LogP contribution is -2.41. The molecule has 0 spiro atoms. The average molecular weight is 375 g/mol. The summed E-state index contributed by atoms with van der Waals surface area (Å²) in [6.45, 7) is 10.1. The van der Waals surface area contributed by atoms with E-state index >= 15 is 0 Å². The Labute approximate surface area is 134 Å².